The lowest BCUT2D eigenvalue weighted by Gasteiger charge is -2.07. The zero-order valence-corrected chi connectivity index (χ0v) is 5.29. The molecule has 49 valence electrons. The van der Waals surface area contributed by atoms with Crippen LogP contribution in [0.3, 0.4) is 0 Å². The summed E-state index contributed by atoms with van der Waals surface area (Å²) in [5, 5.41) is 9.17. The Morgan fingerprint density at radius 3 is 1.88 bits per heavy atom. The quantitative estimate of drug-likeness (QED) is 0.564. The number of halogens is 4. The molecule has 0 aromatic carbocycles. The SMILES string of the molecule is [O]C(CBr)C(F)(F)F. The largest absolute Gasteiger partial charge is 0.418 e. The molecule has 1 radical (unpaired) electrons. The zero-order valence-electron chi connectivity index (χ0n) is 3.70. The van der Waals surface area contributed by atoms with Gasteiger partial charge in [-0.3, -0.25) is 0 Å². The second-order valence-corrected chi connectivity index (χ2v) is 1.83. The Bertz CT molecular complexity index is 71.4. The van der Waals surface area contributed by atoms with E-state index in [0.29, 0.717) is 0 Å². The molecule has 0 aliphatic carbocycles. The molecular weight excluding hydrogens is 189 g/mol. The van der Waals surface area contributed by atoms with Gasteiger partial charge in [0.2, 0.25) is 0 Å². The molecule has 5 heteroatoms. The summed E-state index contributed by atoms with van der Waals surface area (Å²) in [4.78, 5) is 0. The monoisotopic (exact) mass is 191 g/mol. The van der Waals surface area contributed by atoms with Gasteiger partial charge in [0, 0.05) is 5.33 Å². The van der Waals surface area contributed by atoms with Crippen LogP contribution in [0.15, 0.2) is 0 Å². The van der Waals surface area contributed by atoms with E-state index in [4.69, 9.17) is 0 Å². The summed E-state index contributed by atoms with van der Waals surface area (Å²) in [7, 11) is 0. The summed E-state index contributed by atoms with van der Waals surface area (Å²) in [6.45, 7) is 0. The molecule has 0 rings (SSSR count). The van der Waals surface area contributed by atoms with Crippen molar-refractivity contribution in [2.75, 3.05) is 5.33 Å². The van der Waals surface area contributed by atoms with Gasteiger partial charge in [0.05, 0.1) is 0 Å². The topological polar surface area (TPSA) is 19.9 Å². The Hall–Kier alpha value is 0.230. The van der Waals surface area contributed by atoms with Crippen molar-refractivity contribution in [2.45, 2.75) is 12.3 Å². The summed E-state index contributed by atoms with van der Waals surface area (Å²) in [6, 6.07) is 0. The first kappa shape index (κ1) is 8.23. The normalized spacial score (nSPS) is 16.1. The molecule has 0 aromatic rings. The van der Waals surface area contributed by atoms with Gasteiger partial charge in [-0.05, 0) is 0 Å². The first-order chi connectivity index (χ1) is 3.48. The molecule has 1 nitrogen and oxygen atoms in total. The summed E-state index contributed by atoms with van der Waals surface area (Å²) >= 11 is 2.42. The van der Waals surface area contributed by atoms with E-state index in [0.717, 1.165) is 0 Å². The van der Waals surface area contributed by atoms with Crippen molar-refractivity contribution < 1.29 is 18.3 Å². The first-order valence-electron chi connectivity index (χ1n) is 1.77. The van der Waals surface area contributed by atoms with E-state index < -0.39 is 17.6 Å². The number of alkyl halides is 4. The molecular formula is C3H3BrF3O. The highest BCUT2D eigenvalue weighted by Gasteiger charge is 2.38. The van der Waals surface area contributed by atoms with Gasteiger partial charge in [-0.1, -0.05) is 15.9 Å². The summed E-state index contributed by atoms with van der Waals surface area (Å²) < 4.78 is 33.3. The van der Waals surface area contributed by atoms with E-state index in [1.54, 1.807) is 0 Å². The summed E-state index contributed by atoms with van der Waals surface area (Å²) in [6.07, 6.45) is -7.08. The maximum absolute atomic E-state index is 11.1. The standard InChI is InChI=1S/C3H3BrF3O/c4-1-2(8)3(5,6)7/h2H,1H2. The third kappa shape index (κ3) is 2.52. The lowest BCUT2D eigenvalue weighted by atomic mass is 10.4. The fourth-order valence-electron chi connectivity index (χ4n) is 0.0875. The first-order valence-corrected chi connectivity index (χ1v) is 2.89. The van der Waals surface area contributed by atoms with Crippen molar-refractivity contribution in [3.8, 4) is 0 Å². The van der Waals surface area contributed by atoms with Crippen molar-refractivity contribution in [1.29, 1.82) is 0 Å². The predicted octanol–water partition coefficient (Wildman–Crippen LogP) is 1.74. The van der Waals surface area contributed by atoms with E-state index >= 15 is 0 Å². The van der Waals surface area contributed by atoms with Gasteiger partial charge >= 0.3 is 6.18 Å². The van der Waals surface area contributed by atoms with E-state index in [1.165, 1.54) is 0 Å². The molecule has 1 atom stereocenters. The molecule has 0 fully saturated rings. The molecule has 0 amide bonds. The van der Waals surface area contributed by atoms with Crippen LogP contribution in [0.4, 0.5) is 13.2 Å². The highest BCUT2D eigenvalue weighted by molar-refractivity contribution is 9.09. The van der Waals surface area contributed by atoms with Crippen LogP contribution < -0.4 is 0 Å². The summed E-state index contributed by atoms with van der Waals surface area (Å²) in [5.74, 6) is 0. The fraction of sp³-hybridized carbons (Fsp3) is 1.00. The molecule has 0 spiro atoms. The van der Waals surface area contributed by atoms with E-state index in [9.17, 15) is 18.3 Å². The molecule has 0 bridgehead atoms. The Morgan fingerprint density at radius 2 is 1.88 bits per heavy atom. The molecule has 8 heavy (non-hydrogen) atoms. The van der Waals surface area contributed by atoms with Gasteiger partial charge in [-0.25, -0.2) is 5.11 Å². The highest BCUT2D eigenvalue weighted by Crippen LogP contribution is 2.21. The minimum atomic E-state index is -4.59. The smallest absolute Gasteiger partial charge is 0.222 e. The van der Waals surface area contributed by atoms with Crippen molar-refractivity contribution in [1.82, 2.24) is 0 Å². The molecule has 0 aromatic heterocycles. The van der Waals surface area contributed by atoms with Crippen LogP contribution in [0.25, 0.3) is 0 Å². The predicted molar refractivity (Wildman–Crippen MR) is 24.3 cm³/mol. The molecule has 0 aliphatic heterocycles. The maximum Gasteiger partial charge on any atom is 0.418 e. The number of hydrogen-bond acceptors (Lipinski definition) is 0. The van der Waals surface area contributed by atoms with Crippen molar-refractivity contribution in [2.24, 2.45) is 0 Å². The highest BCUT2D eigenvalue weighted by atomic mass is 79.9. The van der Waals surface area contributed by atoms with Gasteiger partial charge in [-0.2, -0.15) is 13.2 Å². The Kier molecular flexibility index (Phi) is 2.76. The van der Waals surface area contributed by atoms with Crippen LogP contribution in [0.2, 0.25) is 0 Å². The Labute approximate surface area is 52.6 Å². The van der Waals surface area contributed by atoms with Crippen LogP contribution in [-0.2, 0) is 5.11 Å². The Balaban J connectivity index is 3.62. The number of hydrogen-bond donors (Lipinski definition) is 0. The van der Waals surface area contributed by atoms with Gasteiger partial charge in [-0.15, -0.1) is 0 Å². The lowest BCUT2D eigenvalue weighted by Crippen LogP contribution is -2.28. The summed E-state index contributed by atoms with van der Waals surface area (Å²) in [5.41, 5.74) is 0. The van der Waals surface area contributed by atoms with Crippen molar-refractivity contribution in [3.63, 3.8) is 0 Å². The van der Waals surface area contributed by atoms with Crippen molar-refractivity contribution in [3.05, 3.63) is 0 Å². The molecule has 0 N–H and O–H groups in total. The van der Waals surface area contributed by atoms with E-state index in [2.05, 4.69) is 15.9 Å². The minimum Gasteiger partial charge on any atom is -0.222 e. The lowest BCUT2D eigenvalue weighted by molar-refractivity contribution is -0.212. The van der Waals surface area contributed by atoms with E-state index in [1.807, 2.05) is 0 Å². The van der Waals surface area contributed by atoms with E-state index in [-0.39, 0.29) is 0 Å². The van der Waals surface area contributed by atoms with Crippen LogP contribution in [0, 0.1) is 0 Å². The third-order valence-corrected chi connectivity index (χ3v) is 1.09. The van der Waals surface area contributed by atoms with Crippen LogP contribution in [0.1, 0.15) is 0 Å². The second-order valence-electron chi connectivity index (χ2n) is 1.18. The van der Waals surface area contributed by atoms with Gasteiger partial charge < -0.3 is 0 Å². The second kappa shape index (κ2) is 2.68. The van der Waals surface area contributed by atoms with Gasteiger partial charge in [0.1, 0.15) is 0 Å². The molecule has 0 saturated carbocycles. The fourth-order valence-corrected chi connectivity index (χ4v) is 0.455. The minimum absolute atomic E-state index is 0.573. The number of rotatable bonds is 1. The zero-order chi connectivity index (χ0) is 6.78. The van der Waals surface area contributed by atoms with Crippen LogP contribution >= 0.6 is 15.9 Å². The molecule has 0 heterocycles. The Morgan fingerprint density at radius 1 is 1.50 bits per heavy atom. The van der Waals surface area contributed by atoms with Gasteiger partial charge in [0.15, 0.2) is 6.10 Å². The molecule has 0 aliphatic rings. The third-order valence-electron chi connectivity index (χ3n) is 0.505. The average molecular weight is 192 g/mol. The van der Waals surface area contributed by atoms with Gasteiger partial charge in [0.25, 0.3) is 0 Å². The molecule has 1 unspecified atom stereocenters. The van der Waals surface area contributed by atoms with Crippen molar-refractivity contribution >= 4 is 15.9 Å². The molecule has 0 saturated heterocycles. The van der Waals surface area contributed by atoms with Crippen LogP contribution in [0.5, 0.6) is 0 Å². The van der Waals surface area contributed by atoms with Crippen LogP contribution in [-0.4, -0.2) is 17.6 Å². The maximum atomic E-state index is 11.1. The average Bonchev–Trinajstić information content (AvgIpc) is 1.62.